The maximum absolute atomic E-state index is 13.4. The molecule has 0 aliphatic rings. The van der Waals surface area contributed by atoms with Crippen molar-refractivity contribution in [2.75, 3.05) is 39.5 Å². The minimum atomic E-state index is -4.00. The molecule has 0 radical (unpaired) electrons. The summed E-state index contributed by atoms with van der Waals surface area (Å²) in [6.45, 7) is -0.440. The first kappa shape index (κ1) is 65.2. The first-order valence-corrected chi connectivity index (χ1v) is 29.0. The van der Waals surface area contributed by atoms with E-state index in [1.807, 2.05) is 66.7 Å². The molecule has 84 heavy (non-hydrogen) atoms. The number of aliphatic carboxylic acids is 1. The maximum atomic E-state index is 13.4. The highest BCUT2D eigenvalue weighted by Crippen LogP contribution is 2.45. The molecule has 6 aromatic rings. The molecule has 6 rings (SSSR count). The van der Waals surface area contributed by atoms with Gasteiger partial charge >= 0.3 is 5.97 Å². The number of unbranched alkanes of at least 4 members (excludes halogenated alkanes) is 3. The topological polar surface area (TPSA) is 365 Å². The fraction of sp³-hybridized carbons (Fsp3) is 0.367. The van der Waals surface area contributed by atoms with E-state index < -0.39 is 72.3 Å². The molecule has 2 aromatic heterocycles. The fourth-order valence-corrected chi connectivity index (χ4v) is 9.31. The molecule has 0 aliphatic carbocycles. The van der Waals surface area contributed by atoms with E-state index in [-0.39, 0.29) is 67.6 Å². The van der Waals surface area contributed by atoms with Crippen LogP contribution in [0.1, 0.15) is 79.3 Å². The summed E-state index contributed by atoms with van der Waals surface area (Å²) in [5.74, 6) is -1.14. The molecular formula is C60H73N7O16S. The highest BCUT2D eigenvalue weighted by atomic mass is 32.3. The zero-order valence-corrected chi connectivity index (χ0v) is 47.0. The summed E-state index contributed by atoms with van der Waals surface area (Å²) in [5, 5.41) is 74.8. The van der Waals surface area contributed by atoms with Gasteiger partial charge in [-0.05, 0) is 104 Å². The van der Waals surface area contributed by atoms with Crippen molar-refractivity contribution in [3.05, 3.63) is 150 Å². The van der Waals surface area contributed by atoms with Crippen molar-refractivity contribution in [2.45, 2.75) is 106 Å². The van der Waals surface area contributed by atoms with E-state index in [0.29, 0.717) is 67.4 Å². The van der Waals surface area contributed by atoms with E-state index in [9.17, 15) is 58.4 Å². The zero-order valence-electron chi connectivity index (χ0n) is 46.2. The van der Waals surface area contributed by atoms with Crippen LogP contribution in [0.5, 0.6) is 17.4 Å². The Kier molecular flexibility index (Phi) is 26.4. The lowest BCUT2D eigenvalue weighted by molar-refractivity contribution is -0.137. The van der Waals surface area contributed by atoms with Crippen molar-refractivity contribution in [3.63, 3.8) is 0 Å². The van der Waals surface area contributed by atoms with Crippen molar-refractivity contribution in [2.24, 2.45) is 10.2 Å². The van der Waals surface area contributed by atoms with E-state index in [2.05, 4.69) is 37.2 Å². The number of nitrogens with one attached hydrogen (secondary N) is 3. The average Bonchev–Trinajstić information content (AvgIpc) is 3.71. The molecule has 3 amide bonds. The van der Waals surface area contributed by atoms with Gasteiger partial charge in [0, 0.05) is 49.3 Å². The third kappa shape index (κ3) is 21.4. The van der Waals surface area contributed by atoms with Gasteiger partial charge in [0.25, 0.3) is 5.91 Å². The monoisotopic (exact) mass is 1180 g/mol. The summed E-state index contributed by atoms with van der Waals surface area (Å²) in [5.41, 5.74) is 4.81. The Bertz CT molecular complexity index is 2990. The van der Waals surface area contributed by atoms with E-state index in [0.717, 1.165) is 35.2 Å². The number of carboxylic acid groups (broad SMARTS) is 1. The number of carbonyl (C=O) groups is 4. The Balaban J connectivity index is 0.940. The summed E-state index contributed by atoms with van der Waals surface area (Å²) in [7, 11) is -4.00. The van der Waals surface area contributed by atoms with Crippen LogP contribution < -0.4 is 30.2 Å². The number of aromatic nitrogens is 2. The molecule has 0 aliphatic heterocycles. The molecule has 23 nitrogen and oxygen atoms in total. The molecule has 450 valence electrons. The first-order valence-electron chi connectivity index (χ1n) is 27.5. The van der Waals surface area contributed by atoms with Gasteiger partial charge in [-0.2, -0.15) is 5.11 Å². The number of hydrogen-bond acceptors (Lipinski definition) is 19. The van der Waals surface area contributed by atoms with Gasteiger partial charge in [0.15, 0.2) is 5.82 Å². The third-order valence-corrected chi connectivity index (χ3v) is 14.1. The van der Waals surface area contributed by atoms with E-state index >= 15 is 0 Å². The largest absolute Gasteiger partial charge is 0.493 e. The highest BCUT2D eigenvalue weighted by molar-refractivity contribution is 8.19. The number of hydrogen-bond donors (Lipinski definition) is 12. The standard InChI is InChI=1S/C60H73N7O16S/c68-39-49(70)58(75)57(74)48(69)38-63-60(77)46(66-59(76)43-26-28-53(62-36-43)67-64-37-42-20-8-9-24-52(42)84(78,79)80)21-10-11-30-61-54(71)25-15-33-82-51-23-14-22-50(45(51)27-29-56(72)73)81-31-12-3-13-32-83-55-35-44(40-16-4-1-5-17-40)34-47(65-55)41-18-6-2-7-19-41/h1-2,4-9,14,16-20,22-24,26,28,34-36,46,48-49,57-58,68-70,74-75,78-80H,3,10-13,15,21,25,27,29-33,37-39H2,(H,61,71)(H,63,77)(H,66,76)(H,72,73). The summed E-state index contributed by atoms with van der Waals surface area (Å²) in [4.78, 5) is 60.1. The first-order chi connectivity index (χ1) is 40.5. The van der Waals surface area contributed by atoms with Crippen LogP contribution in [0.2, 0.25) is 0 Å². The Morgan fingerprint density at radius 2 is 1.30 bits per heavy atom. The van der Waals surface area contributed by atoms with E-state index in [1.54, 1.807) is 24.3 Å². The minimum absolute atomic E-state index is 0.0273. The molecule has 0 saturated heterocycles. The number of azo groups is 1. The third-order valence-electron chi connectivity index (χ3n) is 13.1. The van der Waals surface area contributed by atoms with Crippen LogP contribution >= 0.6 is 10.9 Å². The second kappa shape index (κ2) is 34.0. The van der Waals surface area contributed by atoms with Crippen LogP contribution in [-0.2, 0) is 27.3 Å². The zero-order chi connectivity index (χ0) is 60.3. The van der Waals surface area contributed by atoms with E-state index in [4.69, 9.17) is 24.3 Å². The highest BCUT2D eigenvalue weighted by Gasteiger charge is 2.31. The molecular weight excluding hydrogens is 1110 g/mol. The molecule has 5 atom stereocenters. The predicted octanol–water partition coefficient (Wildman–Crippen LogP) is 7.12. The number of aliphatic hydroxyl groups excluding tert-OH is 5. The van der Waals surface area contributed by atoms with Crippen LogP contribution in [0.3, 0.4) is 0 Å². The molecule has 0 fully saturated rings. The minimum Gasteiger partial charge on any atom is -0.493 e. The number of benzene rings is 4. The van der Waals surface area contributed by atoms with Gasteiger partial charge in [0.2, 0.25) is 17.7 Å². The average molecular weight is 1180 g/mol. The van der Waals surface area contributed by atoms with Crippen LogP contribution in [0.25, 0.3) is 22.4 Å². The number of nitrogens with zero attached hydrogens (tertiary/aromatic N) is 4. The van der Waals surface area contributed by atoms with Crippen LogP contribution in [-0.4, -0.2) is 148 Å². The van der Waals surface area contributed by atoms with Crippen LogP contribution in [0.4, 0.5) is 5.82 Å². The summed E-state index contributed by atoms with van der Waals surface area (Å²) < 4.78 is 47.5. The van der Waals surface area contributed by atoms with Gasteiger partial charge in [0.1, 0.15) is 46.7 Å². The number of carbonyl (C=O) groups excluding carboxylic acids is 3. The quantitative estimate of drug-likeness (QED) is 0.0138. The molecule has 0 spiro atoms. The smallest absolute Gasteiger partial charge is 0.303 e. The lowest BCUT2D eigenvalue weighted by atomic mass is 10.0. The molecule has 4 aromatic carbocycles. The van der Waals surface area contributed by atoms with Crippen molar-refractivity contribution < 1.29 is 77.7 Å². The van der Waals surface area contributed by atoms with Crippen molar-refractivity contribution >= 4 is 40.4 Å². The van der Waals surface area contributed by atoms with Gasteiger partial charge in [-0.15, -0.1) is 5.11 Å². The predicted molar refractivity (Wildman–Crippen MR) is 312 cm³/mol. The maximum Gasteiger partial charge on any atom is 0.303 e. The van der Waals surface area contributed by atoms with Crippen LogP contribution in [0, 0.1) is 0 Å². The fourth-order valence-electron chi connectivity index (χ4n) is 8.56. The van der Waals surface area contributed by atoms with Gasteiger partial charge in [-0.25, -0.2) is 9.97 Å². The number of aliphatic hydroxyl groups is 5. The SMILES string of the molecule is O=C(O)CCc1c(OCCCCCOc2cc(-c3ccccc3)cc(-c3ccccc3)n2)cccc1OCCCC(=O)NCCCCC(NC(=O)c1ccc(N=NCc2ccccc2S(O)(O)O)nc1)C(=O)NCC(O)C(O)C(O)C(O)CO. The van der Waals surface area contributed by atoms with Crippen molar-refractivity contribution in [1.82, 2.24) is 25.9 Å². The van der Waals surface area contributed by atoms with Gasteiger partial charge in [-0.1, -0.05) is 84.9 Å². The lowest BCUT2D eigenvalue weighted by Crippen LogP contribution is -2.52. The van der Waals surface area contributed by atoms with Crippen LogP contribution in [0.15, 0.2) is 149 Å². The number of rotatable bonds is 36. The normalized spacial score (nSPS) is 13.5. The number of amides is 3. The molecule has 12 N–H and O–H groups in total. The Labute approximate surface area is 488 Å². The molecule has 2 heterocycles. The molecule has 24 heteroatoms. The van der Waals surface area contributed by atoms with Gasteiger partial charge in [-0.3, -0.25) is 19.2 Å². The molecule has 5 unspecified atom stereocenters. The number of pyridine rings is 2. The van der Waals surface area contributed by atoms with Gasteiger partial charge in [0.05, 0.1) is 55.2 Å². The second-order valence-corrected chi connectivity index (χ2v) is 21.0. The summed E-state index contributed by atoms with van der Waals surface area (Å²) >= 11 is 0. The number of carboxylic acids is 1. The van der Waals surface area contributed by atoms with Crippen molar-refractivity contribution in [3.8, 4) is 39.8 Å². The van der Waals surface area contributed by atoms with Gasteiger partial charge < -0.3 is 74.5 Å². The Morgan fingerprint density at radius 3 is 1.96 bits per heavy atom. The summed E-state index contributed by atoms with van der Waals surface area (Å²) in [6, 6.07) is 36.8. The second-order valence-electron chi connectivity index (χ2n) is 19.5. The molecule has 0 saturated carbocycles. The van der Waals surface area contributed by atoms with Crippen molar-refractivity contribution in [1.29, 1.82) is 0 Å². The lowest BCUT2D eigenvalue weighted by Gasteiger charge is -2.26. The molecule has 0 bridgehead atoms. The summed E-state index contributed by atoms with van der Waals surface area (Å²) in [6.07, 6.45) is -2.79. The Morgan fingerprint density at radius 1 is 0.643 bits per heavy atom. The number of ether oxygens (including phenoxy) is 3. The van der Waals surface area contributed by atoms with E-state index in [1.165, 1.54) is 36.5 Å². The Hall–Kier alpha value is -7.91.